The quantitative estimate of drug-likeness (QED) is 0.558. The van der Waals surface area contributed by atoms with Crippen LogP contribution in [0.3, 0.4) is 0 Å². The van der Waals surface area contributed by atoms with Crippen LogP contribution in [0, 0.1) is 0 Å². The maximum absolute atomic E-state index is 12.5. The SMILES string of the molecule is COC(=O)[C@@H](Cc1ccc(O)cc1)NC(=O)[C@H](CCSC)NC(C)=O. The van der Waals surface area contributed by atoms with Gasteiger partial charge in [0.1, 0.15) is 17.8 Å². The third-order valence-corrected chi connectivity index (χ3v) is 4.13. The fourth-order valence-electron chi connectivity index (χ4n) is 2.23. The van der Waals surface area contributed by atoms with Crippen LogP contribution >= 0.6 is 11.8 Å². The summed E-state index contributed by atoms with van der Waals surface area (Å²) in [5.41, 5.74) is 0.758. The molecule has 0 heterocycles. The molecule has 0 spiro atoms. The van der Waals surface area contributed by atoms with Gasteiger partial charge in [-0.25, -0.2) is 4.79 Å². The average molecular weight is 368 g/mol. The molecule has 2 atom stereocenters. The molecule has 138 valence electrons. The van der Waals surface area contributed by atoms with E-state index >= 15 is 0 Å². The first-order valence-electron chi connectivity index (χ1n) is 7.79. The second-order valence-corrected chi connectivity index (χ2v) is 6.48. The van der Waals surface area contributed by atoms with Crippen LogP contribution in [0.15, 0.2) is 24.3 Å². The van der Waals surface area contributed by atoms with E-state index < -0.39 is 24.0 Å². The zero-order chi connectivity index (χ0) is 18.8. The molecule has 0 aliphatic carbocycles. The second kappa shape index (κ2) is 10.6. The molecule has 0 bridgehead atoms. The summed E-state index contributed by atoms with van der Waals surface area (Å²) in [6.07, 6.45) is 2.58. The van der Waals surface area contributed by atoms with Crippen molar-refractivity contribution in [2.24, 2.45) is 0 Å². The highest BCUT2D eigenvalue weighted by Gasteiger charge is 2.26. The Morgan fingerprint density at radius 1 is 1.16 bits per heavy atom. The fraction of sp³-hybridized carbons (Fsp3) is 0.471. The lowest BCUT2D eigenvalue weighted by atomic mass is 10.0. The number of phenolic OH excluding ortho intramolecular Hbond substituents is 1. The molecule has 0 saturated heterocycles. The molecular formula is C17H24N2O5S. The third-order valence-electron chi connectivity index (χ3n) is 3.48. The van der Waals surface area contributed by atoms with Crippen LogP contribution in [0.4, 0.5) is 0 Å². The maximum Gasteiger partial charge on any atom is 0.328 e. The van der Waals surface area contributed by atoms with Gasteiger partial charge in [-0.1, -0.05) is 12.1 Å². The Morgan fingerprint density at radius 3 is 2.32 bits per heavy atom. The lowest BCUT2D eigenvalue weighted by Crippen LogP contribution is -2.52. The molecule has 0 saturated carbocycles. The third kappa shape index (κ3) is 7.47. The van der Waals surface area contributed by atoms with E-state index in [9.17, 15) is 19.5 Å². The predicted molar refractivity (Wildman–Crippen MR) is 96.4 cm³/mol. The van der Waals surface area contributed by atoms with E-state index in [1.165, 1.54) is 26.2 Å². The van der Waals surface area contributed by atoms with Gasteiger partial charge in [0.15, 0.2) is 0 Å². The summed E-state index contributed by atoms with van der Waals surface area (Å²) in [4.78, 5) is 35.8. The zero-order valence-electron chi connectivity index (χ0n) is 14.6. The van der Waals surface area contributed by atoms with Crippen molar-refractivity contribution in [3.05, 3.63) is 29.8 Å². The van der Waals surface area contributed by atoms with Crippen LogP contribution < -0.4 is 10.6 Å². The summed E-state index contributed by atoms with van der Waals surface area (Å²) in [5, 5.41) is 14.6. The number of nitrogens with one attached hydrogen (secondary N) is 2. The number of thioether (sulfide) groups is 1. The maximum atomic E-state index is 12.5. The monoisotopic (exact) mass is 368 g/mol. The van der Waals surface area contributed by atoms with E-state index in [-0.39, 0.29) is 18.1 Å². The lowest BCUT2D eigenvalue weighted by Gasteiger charge is -2.22. The molecule has 1 aromatic carbocycles. The minimum atomic E-state index is -0.882. The molecule has 1 aromatic rings. The number of carbonyl (C=O) groups is 3. The van der Waals surface area contributed by atoms with Crippen molar-refractivity contribution >= 4 is 29.5 Å². The molecular weight excluding hydrogens is 344 g/mol. The number of phenols is 1. The van der Waals surface area contributed by atoms with Gasteiger partial charge in [-0.05, 0) is 36.1 Å². The van der Waals surface area contributed by atoms with E-state index in [0.717, 1.165) is 5.56 Å². The molecule has 25 heavy (non-hydrogen) atoms. The van der Waals surface area contributed by atoms with Gasteiger partial charge in [0.25, 0.3) is 0 Å². The Morgan fingerprint density at radius 2 is 1.80 bits per heavy atom. The first-order chi connectivity index (χ1) is 11.9. The predicted octanol–water partition coefficient (Wildman–Crippen LogP) is 0.850. The smallest absolute Gasteiger partial charge is 0.328 e. The van der Waals surface area contributed by atoms with E-state index in [2.05, 4.69) is 10.6 Å². The van der Waals surface area contributed by atoms with Crippen LogP contribution in [0.1, 0.15) is 18.9 Å². The highest BCUT2D eigenvalue weighted by atomic mass is 32.2. The number of methoxy groups -OCH3 is 1. The van der Waals surface area contributed by atoms with E-state index in [0.29, 0.717) is 12.2 Å². The number of aromatic hydroxyl groups is 1. The Hall–Kier alpha value is -2.22. The summed E-state index contributed by atoms with van der Waals surface area (Å²) in [6.45, 7) is 1.34. The Kier molecular flexibility index (Phi) is 8.83. The molecule has 3 N–H and O–H groups in total. The lowest BCUT2D eigenvalue weighted by molar-refractivity contribution is -0.145. The number of carbonyl (C=O) groups excluding carboxylic acids is 3. The summed E-state index contributed by atoms with van der Waals surface area (Å²) in [5.74, 6) is -0.509. The number of rotatable bonds is 9. The van der Waals surface area contributed by atoms with Gasteiger partial charge < -0.3 is 20.5 Å². The van der Waals surface area contributed by atoms with Gasteiger partial charge in [0, 0.05) is 13.3 Å². The van der Waals surface area contributed by atoms with Crippen molar-refractivity contribution in [1.82, 2.24) is 10.6 Å². The summed E-state index contributed by atoms with van der Waals surface area (Å²) >= 11 is 1.56. The molecule has 0 radical (unpaired) electrons. The summed E-state index contributed by atoms with van der Waals surface area (Å²) in [7, 11) is 1.25. The minimum Gasteiger partial charge on any atom is -0.508 e. The fourth-order valence-corrected chi connectivity index (χ4v) is 2.70. The highest BCUT2D eigenvalue weighted by Crippen LogP contribution is 2.12. The average Bonchev–Trinajstić information content (AvgIpc) is 2.58. The minimum absolute atomic E-state index is 0.116. The molecule has 0 aliphatic rings. The normalized spacial score (nSPS) is 12.8. The van der Waals surface area contributed by atoms with Crippen molar-refractivity contribution in [2.45, 2.75) is 31.8 Å². The van der Waals surface area contributed by atoms with E-state index in [4.69, 9.17) is 4.74 Å². The Bertz CT molecular complexity index is 591. The van der Waals surface area contributed by atoms with Crippen molar-refractivity contribution in [3.63, 3.8) is 0 Å². The zero-order valence-corrected chi connectivity index (χ0v) is 15.4. The standard InChI is InChI=1S/C17H24N2O5S/c1-11(20)18-14(8-9-25-3)16(22)19-15(17(23)24-2)10-12-4-6-13(21)7-5-12/h4-7,14-15,21H,8-10H2,1-3H3,(H,18,20)(H,19,22)/t14-,15+/m0/s1. The van der Waals surface area contributed by atoms with E-state index in [1.54, 1.807) is 23.9 Å². The highest BCUT2D eigenvalue weighted by molar-refractivity contribution is 7.98. The van der Waals surface area contributed by atoms with Crippen molar-refractivity contribution in [2.75, 3.05) is 19.1 Å². The van der Waals surface area contributed by atoms with E-state index in [1.807, 2.05) is 6.26 Å². The van der Waals surface area contributed by atoms with Crippen molar-refractivity contribution < 1.29 is 24.2 Å². The van der Waals surface area contributed by atoms with Crippen LogP contribution in [0.25, 0.3) is 0 Å². The molecule has 0 unspecified atom stereocenters. The van der Waals surface area contributed by atoms with Gasteiger partial charge in [-0.3, -0.25) is 9.59 Å². The van der Waals surface area contributed by atoms with Crippen LogP contribution in [-0.4, -0.2) is 54.1 Å². The second-order valence-electron chi connectivity index (χ2n) is 5.49. The number of ether oxygens (including phenoxy) is 1. The molecule has 1 rings (SSSR count). The molecule has 0 aliphatic heterocycles. The number of hydrogen-bond donors (Lipinski definition) is 3. The van der Waals surface area contributed by atoms with Crippen molar-refractivity contribution in [3.8, 4) is 5.75 Å². The number of benzene rings is 1. The van der Waals surface area contributed by atoms with Crippen LogP contribution in [-0.2, 0) is 25.5 Å². The Balaban J connectivity index is 2.83. The van der Waals surface area contributed by atoms with Crippen molar-refractivity contribution in [1.29, 1.82) is 0 Å². The van der Waals surface area contributed by atoms with Gasteiger partial charge in [0.2, 0.25) is 11.8 Å². The molecule has 7 nitrogen and oxygen atoms in total. The molecule has 0 fully saturated rings. The number of esters is 1. The largest absolute Gasteiger partial charge is 0.508 e. The first-order valence-corrected chi connectivity index (χ1v) is 9.19. The van der Waals surface area contributed by atoms with Crippen LogP contribution in [0.5, 0.6) is 5.75 Å². The summed E-state index contributed by atoms with van der Waals surface area (Å²) < 4.78 is 4.76. The first kappa shape index (κ1) is 20.8. The molecule has 2 amide bonds. The van der Waals surface area contributed by atoms with Gasteiger partial charge in [0.05, 0.1) is 7.11 Å². The Labute approximate surface area is 151 Å². The summed E-state index contributed by atoms with van der Waals surface area (Å²) in [6, 6.07) is 4.74. The number of hydrogen-bond acceptors (Lipinski definition) is 6. The number of amides is 2. The molecule has 0 aromatic heterocycles. The van der Waals surface area contributed by atoms with Gasteiger partial charge >= 0.3 is 5.97 Å². The van der Waals surface area contributed by atoms with Gasteiger partial charge in [-0.15, -0.1) is 0 Å². The van der Waals surface area contributed by atoms with Gasteiger partial charge in [-0.2, -0.15) is 11.8 Å². The molecule has 8 heteroatoms. The van der Waals surface area contributed by atoms with Crippen LogP contribution in [0.2, 0.25) is 0 Å². The topological polar surface area (TPSA) is 105 Å².